The summed E-state index contributed by atoms with van der Waals surface area (Å²) >= 11 is 0. The van der Waals surface area contributed by atoms with Crippen molar-refractivity contribution in [2.75, 3.05) is 0 Å². The molecule has 4 heteroatoms. The van der Waals surface area contributed by atoms with E-state index >= 15 is 0 Å². The van der Waals surface area contributed by atoms with Crippen molar-refractivity contribution in [2.45, 2.75) is 33.0 Å². The van der Waals surface area contributed by atoms with Crippen LogP contribution in [0.1, 0.15) is 48.2 Å². The molecule has 1 aromatic carbocycles. The van der Waals surface area contributed by atoms with Gasteiger partial charge in [0.25, 0.3) is 0 Å². The van der Waals surface area contributed by atoms with Crippen LogP contribution >= 0.6 is 0 Å². The zero-order valence-electron chi connectivity index (χ0n) is 14.6. The number of ether oxygens (including phenoxy) is 1. The molecule has 0 aliphatic heterocycles. The van der Waals surface area contributed by atoms with Gasteiger partial charge < -0.3 is 9.15 Å². The largest absolute Gasteiger partial charge is 0.445 e. The monoisotopic (exact) mass is 334 g/mol. The number of rotatable bonds is 7. The van der Waals surface area contributed by atoms with Crippen LogP contribution in [-0.4, -0.2) is 9.97 Å². The maximum absolute atomic E-state index is 5.61. The molecular formula is C21H22N2O2. The first-order chi connectivity index (χ1) is 12.2. The lowest BCUT2D eigenvalue weighted by atomic mass is 10.0. The molecule has 0 atom stereocenters. The van der Waals surface area contributed by atoms with E-state index < -0.39 is 0 Å². The number of nitrogens with zero attached hydrogens (tertiary/aromatic N) is 2. The summed E-state index contributed by atoms with van der Waals surface area (Å²) in [4.78, 5) is 8.62. The summed E-state index contributed by atoms with van der Waals surface area (Å²) in [6.07, 6.45) is 7.24. The highest BCUT2D eigenvalue weighted by atomic mass is 16.5. The molecule has 0 radical (unpaired) electrons. The topological polar surface area (TPSA) is 48.2 Å². The van der Waals surface area contributed by atoms with Gasteiger partial charge in [-0.15, -0.1) is 0 Å². The summed E-state index contributed by atoms with van der Waals surface area (Å²) < 4.78 is 11.1. The minimum atomic E-state index is 0.400. The average Bonchev–Trinajstić information content (AvgIpc) is 3.09. The van der Waals surface area contributed by atoms with Crippen LogP contribution in [0.25, 0.3) is 12.2 Å². The predicted molar refractivity (Wildman–Crippen MR) is 98.7 cm³/mol. The zero-order valence-corrected chi connectivity index (χ0v) is 14.6. The lowest BCUT2D eigenvalue weighted by Gasteiger charge is -2.04. The van der Waals surface area contributed by atoms with E-state index in [9.17, 15) is 0 Å². The summed E-state index contributed by atoms with van der Waals surface area (Å²) in [5.74, 6) is 1.11. The van der Waals surface area contributed by atoms with E-state index in [0.717, 1.165) is 17.0 Å². The second kappa shape index (κ2) is 8.40. The molecule has 0 fully saturated rings. The fraction of sp³-hybridized carbons (Fsp3) is 0.238. The second-order valence-electron chi connectivity index (χ2n) is 6.15. The van der Waals surface area contributed by atoms with Crippen LogP contribution < -0.4 is 0 Å². The lowest BCUT2D eigenvalue weighted by molar-refractivity contribution is 0.102. The third-order valence-electron chi connectivity index (χ3n) is 3.82. The third-order valence-corrected chi connectivity index (χ3v) is 3.82. The average molecular weight is 334 g/mol. The fourth-order valence-corrected chi connectivity index (χ4v) is 2.37. The normalized spacial score (nSPS) is 11.5. The number of benzene rings is 1. The van der Waals surface area contributed by atoms with E-state index in [1.807, 2.05) is 30.4 Å². The molecule has 2 aromatic heterocycles. The van der Waals surface area contributed by atoms with E-state index in [-0.39, 0.29) is 0 Å². The van der Waals surface area contributed by atoms with Crippen molar-refractivity contribution in [1.29, 1.82) is 0 Å². The molecule has 0 spiro atoms. The molecule has 4 nitrogen and oxygen atoms in total. The van der Waals surface area contributed by atoms with Crippen LogP contribution in [0.5, 0.6) is 0 Å². The fourth-order valence-electron chi connectivity index (χ4n) is 2.37. The molecule has 3 aromatic rings. The molecule has 0 aliphatic carbocycles. The zero-order chi connectivity index (χ0) is 17.5. The van der Waals surface area contributed by atoms with E-state index in [0.29, 0.717) is 25.0 Å². The van der Waals surface area contributed by atoms with Gasteiger partial charge in [0.15, 0.2) is 0 Å². The molecule has 2 heterocycles. The van der Waals surface area contributed by atoms with Crippen molar-refractivity contribution in [3.8, 4) is 0 Å². The van der Waals surface area contributed by atoms with Crippen LogP contribution in [0.2, 0.25) is 0 Å². The Kier molecular flexibility index (Phi) is 5.75. The van der Waals surface area contributed by atoms with Gasteiger partial charge in [-0.1, -0.05) is 44.2 Å². The smallest absolute Gasteiger partial charge is 0.218 e. The molecule has 128 valence electrons. The lowest BCUT2D eigenvalue weighted by Crippen LogP contribution is -1.96. The maximum Gasteiger partial charge on any atom is 0.218 e. The molecule has 0 unspecified atom stereocenters. The van der Waals surface area contributed by atoms with Crippen LogP contribution in [0.4, 0.5) is 0 Å². The van der Waals surface area contributed by atoms with Crippen LogP contribution in [-0.2, 0) is 18.0 Å². The van der Waals surface area contributed by atoms with Gasteiger partial charge in [0, 0.05) is 12.3 Å². The first-order valence-corrected chi connectivity index (χ1v) is 8.41. The maximum atomic E-state index is 5.61. The van der Waals surface area contributed by atoms with E-state index in [2.05, 4.69) is 48.1 Å². The minimum absolute atomic E-state index is 0.400. The van der Waals surface area contributed by atoms with Crippen molar-refractivity contribution in [3.05, 3.63) is 83.3 Å². The highest BCUT2D eigenvalue weighted by molar-refractivity contribution is 5.66. The van der Waals surface area contributed by atoms with E-state index in [1.54, 1.807) is 12.5 Å². The molecular weight excluding hydrogens is 312 g/mol. The van der Waals surface area contributed by atoms with Gasteiger partial charge in [0.2, 0.25) is 5.89 Å². The second-order valence-corrected chi connectivity index (χ2v) is 6.15. The van der Waals surface area contributed by atoms with E-state index in [1.165, 1.54) is 5.56 Å². The number of pyridine rings is 1. The molecule has 0 N–H and O–H groups in total. The number of aromatic nitrogens is 2. The van der Waals surface area contributed by atoms with Crippen LogP contribution in [0.15, 0.2) is 59.3 Å². The van der Waals surface area contributed by atoms with Gasteiger partial charge in [0.1, 0.15) is 12.0 Å². The van der Waals surface area contributed by atoms with Crippen molar-refractivity contribution < 1.29 is 9.15 Å². The van der Waals surface area contributed by atoms with Crippen molar-refractivity contribution in [3.63, 3.8) is 0 Å². The molecule has 0 bridgehead atoms. The SMILES string of the molecule is CC(C)c1ccc(/C=C/c2nc(COCc3ccccn3)co2)cc1. The summed E-state index contributed by atoms with van der Waals surface area (Å²) in [7, 11) is 0. The highest BCUT2D eigenvalue weighted by Crippen LogP contribution is 2.16. The molecule has 0 saturated heterocycles. The van der Waals surface area contributed by atoms with Gasteiger partial charge in [-0.2, -0.15) is 0 Å². The molecule has 0 aliphatic rings. The third kappa shape index (κ3) is 5.13. The van der Waals surface area contributed by atoms with Gasteiger partial charge >= 0.3 is 0 Å². The Labute approximate surface area is 148 Å². The van der Waals surface area contributed by atoms with Gasteiger partial charge in [0.05, 0.1) is 18.9 Å². The first kappa shape index (κ1) is 17.1. The summed E-state index contributed by atoms with van der Waals surface area (Å²) in [6, 6.07) is 14.3. The predicted octanol–water partition coefficient (Wildman–Crippen LogP) is 5.08. The van der Waals surface area contributed by atoms with E-state index in [4.69, 9.17) is 9.15 Å². The molecule has 0 amide bonds. The molecule has 0 saturated carbocycles. The van der Waals surface area contributed by atoms with Crippen LogP contribution in [0, 0.1) is 0 Å². The Morgan fingerprint density at radius 1 is 1.00 bits per heavy atom. The summed E-state index contributed by atoms with van der Waals surface area (Å²) in [6.45, 7) is 5.24. The van der Waals surface area contributed by atoms with Crippen molar-refractivity contribution >= 4 is 12.2 Å². The Morgan fingerprint density at radius 2 is 1.80 bits per heavy atom. The number of oxazole rings is 1. The first-order valence-electron chi connectivity index (χ1n) is 8.41. The van der Waals surface area contributed by atoms with Gasteiger partial charge in [-0.25, -0.2) is 4.98 Å². The number of hydrogen-bond donors (Lipinski definition) is 0. The van der Waals surface area contributed by atoms with Gasteiger partial charge in [-0.05, 0) is 35.3 Å². The quantitative estimate of drug-likeness (QED) is 0.604. The Hall–Kier alpha value is -2.72. The van der Waals surface area contributed by atoms with Crippen LogP contribution in [0.3, 0.4) is 0 Å². The van der Waals surface area contributed by atoms with Crippen molar-refractivity contribution in [2.24, 2.45) is 0 Å². The summed E-state index contributed by atoms with van der Waals surface area (Å²) in [5.41, 5.74) is 4.12. The molecule has 3 rings (SSSR count). The Balaban J connectivity index is 1.52. The highest BCUT2D eigenvalue weighted by Gasteiger charge is 2.02. The Morgan fingerprint density at radius 3 is 2.52 bits per heavy atom. The standard InChI is InChI=1S/C21H22N2O2/c1-16(2)18-9-6-17(7-10-18)8-11-21-23-20(15-25-21)14-24-13-19-5-3-4-12-22-19/h3-12,15-16H,13-14H2,1-2H3/b11-8+. The molecule has 25 heavy (non-hydrogen) atoms. The minimum Gasteiger partial charge on any atom is -0.445 e. The Bertz CT molecular complexity index is 805. The number of hydrogen-bond acceptors (Lipinski definition) is 4. The summed E-state index contributed by atoms with van der Waals surface area (Å²) in [5, 5.41) is 0. The van der Waals surface area contributed by atoms with Crippen molar-refractivity contribution in [1.82, 2.24) is 9.97 Å². The van der Waals surface area contributed by atoms with Gasteiger partial charge in [-0.3, -0.25) is 4.98 Å².